The van der Waals surface area contributed by atoms with Crippen molar-refractivity contribution in [1.82, 2.24) is 29.5 Å². The highest BCUT2D eigenvalue weighted by molar-refractivity contribution is 5.76. The number of hydrogen-bond acceptors (Lipinski definition) is 5. The van der Waals surface area contributed by atoms with Crippen LogP contribution in [-0.4, -0.2) is 50.3 Å². The van der Waals surface area contributed by atoms with Crippen molar-refractivity contribution in [3.05, 3.63) is 53.4 Å². The quantitative estimate of drug-likeness (QED) is 0.567. The van der Waals surface area contributed by atoms with Gasteiger partial charge in [-0.15, -0.1) is 0 Å². The van der Waals surface area contributed by atoms with Gasteiger partial charge in [-0.3, -0.25) is 0 Å². The van der Waals surface area contributed by atoms with Crippen molar-refractivity contribution < 1.29 is 4.39 Å². The summed E-state index contributed by atoms with van der Waals surface area (Å²) < 4.78 is 17.7. The number of aromatic nitrogens is 5. The van der Waals surface area contributed by atoms with E-state index in [-0.39, 0.29) is 5.82 Å². The van der Waals surface area contributed by atoms with Gasteiger partial charge in [-0.05, 0) is 31.2 Å². The molecular formula is C21H22FN7. The van der Waals surface area contributed by atoms with E-state index in [1.807, 2.05) is 28.4 Å². The lowest BCUT2D eigenvalue weighted by Gasteiger charge is -2.41. The lowest BCUT2D eigenvalue weighted by Crippen LogP contribution is -2.47. The molecule has 0 saturated carbocycles. The number of nitrogens with zero attached hydrogens (tertiary/aromatic N) is 6. The van der Waals surface area contributed by atoms with Gasteiger partial charge in [-0.25, -0.2) is 14.4 Å². The summed E-state index contributed by atoms with van der Waals surface area (Å²) >= 11 is 0. The Morgan fingerprint density at radius 3 is 2.86 bits per heavy atom. The highest BCUT2D eigenvalue weighted by Crippen LogP contribution is 2.35. The number of nitrogens with one attached hydrogen (secondary N) is 1. The lowest BCUT2D eigenvalue weighted by atomic mass is 9.97. The number of hydrogen-bond donors (Lipinski definition) is 1. The van der Waals surface area contributed by atoms with Crippen molar-refractivity contribution in [1.29, 1.82) is 0 Å². The number of halogens is 1. The van der Waals surface area contributed by atoms with Gasteiger partial charge in [0.2, 0.25) is 0 Å². The van der Waals surface area contributed by atoms with Crippen LogP contribution in [0.3, 0.4) is 0 Å². The fourth-order valence-electron chi connectivity index (χ4n) is 4.70. The van der Waals surface area contributed by atoms with Crippen molar-refractivity contribution in [3.63, 3.8) is 0 Å². The van der Waals surface area contributed by atoms with Crippen LogP contribution < -0.4 is 10.2 Å². The van der Waals surface area contributed by atoms with E-state index in [9.17, 15) is 4.39 Å². The van der Waals surface area contributed by atoms with E-state index in [0.29, 0.717) is 5.92 Å². The predicted molar refractivity (Wildman–Crippen MR) is 109 cm³/mol. The van der Waals surface area contributed by atoms with Gasteiger partial charge in [0, 0.05) is 44.7 Å². The zero-order valence-electron chi connectivity index (χ0n) is 16.3. The summed E-state index contributed by atoms with van der Waals surface area (Å²) in [5, 5.41) is 8.02. The summed E-state index contributed by atoms with van der Waals surface area (Å²) in [5.74, 6) is 2.27. The molecule has 0 bridgehead atoms. The molecule has 0 aliphatic carbocycles. The Morgan fingerprint density at radius 2 is 1.97 bits per heavy atom. The van der Waals surface area contributed by atoms with Gasteiger partial charge in [0.15, 0.2) is 5.65 Å². The van der Waals surface area contributed by atoms with Crippen LogP contribution in [0.25, 0.3) is 16.7 Å². The molecule has 0 atom stereocenters. The molecule has 2 aliphatic heterocycles. The Bertz CT molecular complexity index is 1240. The highest BCUT2D eigenvalue weighted by Gasteiger charge is 2.35. The normalized spacial score (nSPS) is 17.5. The Balaban J connectivity index is 1.37. The molecular weight excluding hydrogens is 369 g/mol. The monoisotopic (exact) mass is 391 g/mol. The van der Waals surface area contributed by atoms with Gasteiger partial charge in [-0.1, -0.05) is 0 Å². The largest absolute Gasteiger partial charge is 0.355 e. The number of imidazole rings is 1. The molecule has 1 N–H and O–H groups in total. The van der Waals surface area contributed by atoms with Crippen molar-refractivity contribution in [2.24, 2.45) is 7.05 Å². The minimum Gasteiger partial charge on any atom is -0.355 e. The fraction of sp³-hybridized carbons (Fsp3) is 0.381. The molecule has 6 rings (SSSR count). The zero-order chi connectivity index (χ0) is 19.5. The van der Waals surface area contributed by atoms with Crippen LogP contribution in [0.15, 0.2) is 30.5 Å². The van der Waals surface area contributed by atoms with Crippen molar-refractivity contribution in [3.8, 4) is 0 Å². The smallest absolute Gasteiger partial charge is 0.157 e. The lowest BCUT2D eigenvalue weighted by molar-refractivity contribution is 0.480. The second kappa shape index (κ2) is 6.25. The third kappa shape index (κ3) is 2.55. The highest BCUT2D eigenvalue weighted by atomic mass is 19.1. The SMILES string of the molecule is Cn1c(C2CN(c3c4c(nc5ccnn35)CCNCC4)C2)nc2ccc(F)cc21. The van der Waals surface area contributed by atoms with Crippen molar-refractivity contribution in [2.75, 3.05) is 31.1 Å². The first-order chi connectivity index (χ1) is 14.2. The van der Waals surface area contributed by atoms with Gasteiger partial charge in [0.05, 0.1) is 28.8 Å². The third-order valence-electron chi connectivity index (χ3n) is 6.21. The van der Waals surface area contributed by atoms with E-state index in [2.05, 4.69) is 15.3 Å². The average molecular weight is 391 g/mol. The summed E-state index contributed by atoms with van der Waals surface area (Å²) in [6.07, 6.45) is 3.72. The van der Waals surface area contributed by atoms with E-state index in [0.717, 1.165) is 61.5 Å². The molecule has 0 radical (unpaired) electrons. The Hall–Kier alpha value is -3.00. The number of fused-ring (bicyclic) bond motifs is 3. The van der Waals surface area contributed by atoms with Crippen LogP contribution >= 0.6 is 0 Å². The zero-order valence-corrected chi connectivity index (χ0v) is 16.3. The maximum absolute atomic E-state index is 13.6. The summed E-state index contributed by atoms with van der Waals surface area (Å²) in [6, 6.07) is 6.76. The molecule has 2 aliphatic rings. The summed E-state index contributed by atoms with van der Waals surface area (Å²) in [5.41, 5.74) is 5.08. The van der Waals surface area contributed by atoms with Crippen LogP contribution in [0.5, 0.6) is 0 Å². The second-order valence-corrected chi connectivity index (χ2v) is 7.98. The number of anilines is 1. The van der Waals surface area contributed by atoms with E-state index >= 15 is 0 Å². The van der Waals surface area contributed by atoms with E-state index < -0.39 is 0 Å². The Morgan fingerprint density at radius 1 is 1.10 bits per heavy atom. The van der Waals surface area contributed by atoms with Crippen molar-refractivity contribution >= 4 is 22.5 Å². The second-order valence-electron chi connectivity index (χ2n) is 7.98. The molecule has 7 nitrogen and oxygen atoms in total. The van der Waals surface area contributed by atoms with Crippen molar-refractivity contribution in [2.45, 2.75) is 18.8 Å². The maximum atomic E-state index is 13.6. The molecule has 3 aromatic heterocycles. The molecule has 0 amide bonds. The minimum atomic E-state index is -0.226. The molecule has 1 saturated heterocycles. The van der Waals surface area contributed by atoms with Gasteiger partial charge in [-0.2, -0.15) is 9.61 Å². The van der Waals surface area contributed by atoms with E-state index in [4.69, 9.17) is 9.97 Å². The molecule has 0 spiro atoms. The first kappa shape index (κ1) is 16.9. The summed E-state index contributed by atoms with van der Waals surface area (Å²) in [7, 11) is 1.97. The average Bonchev–Trinajstić information content (AvgIpc) is 3.18. The Labute approximate surface area is 167 Å². The fourth-order valence-corrected chi connectivity index (χ4v) is 4.70. The molecule has 4 aromatic rings. The number of benzene rings is 1. The van der Waals surface area contributed by atoms with Gasteiger partial charge in [0.1, 0.15) is 17.5 Å². The molecule has 1 fully saturated rings. The van der Waals surface area contributed by atoms with Crippen LogP contribution in [0, 0.1) is 5.82 Å². The van der Waals surface area contributed by atoms with Gasteiger partial charge in [0.25, 0.3) is 0 Å². The number of rotatable bonds is 2. The maximum Gasteiger partial charge on any atom is 0.157 e. The van der Waals surface area contributed by atoms with Gasteiger partial charge >= 0.3 is 0 Å². The minimum absolute atomic E-state index is 0.226. The molecule has 8 heteroatoms. The molecule has 5 heterocycles. The van der Waals surface area contributed by atoms with Crippen LogP contribution in [0.4, 0.5) is 10.2 Å². The van der Waals surface area contributed by atoms with Gasteiger partial charge < -0.3 is 14.8 Å². The standard InChI is InChI=1S/C21H22FN7/c1-27-18-10-14(22)2-3-17(18)26-20(27)13-11-28(12-13)21-15-4-7-23-8-5-16(15)25-19-6-9-24-29(19)21/h2-3,6,9-10,13,23H,4-5,7-8,11-12H2,1H3. The Kier molecular flexibility index (Phi) is 3.64. The third-order valence-corrected chi connectivity index (χ3v) is 6.21. The van der Waals surface area contributed by atoms with E-state index in [1.54, 1.807) is 12.1 Å². The van der Waals surface area contributed by atoms with Crippen LogP contribution in [0.1, 0.15) is 23.0 Å². The van der Waals surface area contributed by atoms with Crippen LogP contribution in [-0.2, 0) is 19.9 Å². The molecule has 148 valence electrons. The summed E-state index contributed by atoms with van der Waals surface area (Å²) in [4.78, 5) is 12.0. The molecule has 0 unspecified atom stereocenters. The van der Waals surface area contributed by atoms with Crippen LogP contribution in [0.2, 0.25) is 0 Å². The predicted octanol–water partition coefficient (Wildman–Crippen LogP) is 2.05. The first-order valence-corrected chi connectivity index (χ1v) is 10.1. The van der Waals surface area contributed by atoms with E-state index in [1.165, 1.54) is 23.1 Å². The number of aryl methyl sites for hydroxylation is 1. The topological polar surface area (TPSA) is 63.3 Å². The molecule has 29 heavy (non-hydrogen) atoms. The first-order valence-electron chi connectivity index (χ1n) is 10.1. The summed E-state index contributed by atoms with van der Waals surface area (Å²) in [6.45, 7) is 3.67. The molecule has 1 aromatic carbocycles.